The highest BCUT2D eigenvalue weighted by atomic mass is 79.9. The zero-order valence-electron chi connectivity index (χ0n) is 9.91. The first-order valence-electron chi connectivity index (χ1n) is 5.47. The van der Waals surface area contributed by atoms with Gasteiger partial charge in [-0.25, -0.2) is 0 Å². The van der Waals surface area contributed by atoms with Crippen LogP contribution in [0, 0.1) is 0 Å². The maximum Gasteiger partial charge on any atom is 0.411 e. The average molecular weight is 340 g/mol. The zero-order valence-corrected chi connectivity index (χ0v) is 11.5. The van der Waals surface area contributed by atoms with E-state index in [1.54, 1.807) is 0 Å². The third-order valence-electron chi connectivity index (χ3n) is 2.19. The predicted molar refractivity (Wildman–Crippen MR) is 68.0 cm³/mol. The van der Waals surface area contributed by atoms with Crippen LogP contribution in [0.15, 0.2) is 30.3 Å². The lowest BCUT2D eigenvalue weighted by Gasteiger charge is -2.17. The number of hydrogen-bond acceptors (Lipinski definition) is 2. The standard InChI is InChI=1S/C12H13BrF3NO2/c13-6-10(9-4-2-1-3-5-9)17-11(18)7-19-8-12(14,15)16/h1-5,10H,6-8H2,(H,17,18). The van der Waals surface area contributed by atoms with E-state index in [2.05, 4.69) is 26.0 Å². The lowest BCUT2D eigenvalue weighted by atomic mass is 10.1. The molecule has 1 atom stereocenters. The molecule has 1 aromatic rings. The minimum absolute atomic E-state index is 0.303. The molecule has 0 radical (unpaired) electrons. The molecule has 1 N–H and O–H groups in total. The Hall–Kier alpha value is -1.08. The predicted octanol–water partition coefficient (Wildman–Crippen LogP) is 2.82. The number of nitrogens with one attached hydrogen (secondary N) is 1. The van der Waals surface area contributed by atoms with Crippen molar-refractivity contribution < 1.29 is 22.7 Å². The van der Waals surface area contributed by atoms with Gasteiger partial charge in [0.2, 0.25) is 5.91 Å². The summed E-state index contributed by atoms with van der Waals surface area (Å²) in [5.74, 6) is -0.586. The summed E-state index contributed by atoms with van der Waals surface area (Å²) in [7, 11) is 0. The second kappa shape index (κ2) is 7.49. The van der Waals surface area contributed by atoms with Gasteiger partial charge in [0.15, 0.2) is 0 Å². The maximum absolute atomic E-state index is 11.8. The lowest BCUT2D eigenvalue weighted by Crippen LogP contribution is -2.33. The first-order chi connectivity index (χ1) is 8.92. The highest BCUT2D eigenvalue weighted by Gasteiger charge is 2.27. The molecule has 0 bridgehead atoms. The largest absolute Gasteiger partial charge is 0.411 e. The van der Waals surface area contributed by atoms with E-state index in [-0.39, 0.29) is 6.04 Å². The van der Waals surface area contributed by atoms with Gasteiger partial charge in [-0.05, 0) is 5.56 Å². The Morgan fingerprint density at radius 1 is 1.32 bits per heavy atom. The normalized spacial score (nSPS) is 13.1. The summed E-state index contributed by atoms with van der Waals surface area (Å²) >= 11 is 3.25. The summed E-state index contributed by atoms with van der Waals surface area (Å²) in [4.78, 5) is 11.4. The molecule has 0 heterocycles. The number of halogens is 4. The van der Waals surface area contributed by atoms with E-state index < -0.39 is 25.3 Å². The summed E-state index contributed by atoms with van der Waals surface area (Å²) in [5, 5.41) is 3.05. The van der Waals surface area contributed by atoms with Gasteiger partial charge in [0, 0.05) is 5.33 Å². The third-order valence-corrected chi connectivity index (χ3v) is 2.84. The molecular weight excluding hydrogens is 327 g/mol. The molecule has 0 aliphatic carbocycles. The molecular formula is C12H13BrF3NO2. The van der Waals surface area contributed by atoms with Crippen LogP contribution in [0.1, 0.15) is 11.6 Å². The van der Waals surface area contributed by atoms with Gasteiger partial charge >= 0.3 is 6.18 Å². The Kier molecular flexibility index (Phi) is 6.30. The van der Waals surface area contributed by atoms with E-state index in [1.165, 1.54) is 0 Å². The van der Waals surface area contributed by atoms with Crippen LogP contribution in [-0.2, 0) is 9.53 Å². The van der Waals surface area contributed by atoms with E-state index >= 15 is 0 Å². The summed E-state index contributed by atoms with van der Waals surface area (Å²) in [6.07, 6.45) is -4.42. The van der Waals surface area contributed by atoms with Crippen LogP contribution in [0.25, 0.3) is 0 Å². The van der Waals surface area contributed by atoms with Gasteiger partial charge in [-0.15, -0.1) is 0 Å². The van der Waals surface area contributed by atoms with Gasteiger partial charge in [-0.3, -0.25) is 4.79 Å². The molecule has 1 aromatic carbocycles. The van der Waals surface area contributed by atoms with Crippen molar-refractivity contribution in [2.24, 2.45) is 0 Å². The van der Waals surface area contributed by atoms with Crippen molar-refractivity contribution in [1.82, 2.24) is 5.32 Å². The summed E-state index contributed by atoms with van der Waals surface area (Å²) in [6, 6.07) is 8.81. The topological polar surface area (TPSA) is 38.3 Å². The molecule has 0 aliphatic rings. The molecule has 0 spiro atoms. The number of ether oxygens (including phenoxy) is 1. The van der Waals surface area contributed by atoms with Crippen molar-refractivity contribution in [1.29, 1.82) is 0 Å². The highest BCUT2D eigenvalue weighted by molar-refractivity contribution is 9.09. The lowest BCUT2D eigenvalue weighted by molar-refractivity contribution is -0.175. The van der Waals surface area contributed by atoms with Crippen molar-refractivity contribution in [3.8, 4) is 0 Å². The van der Waals surface area contributed by atoms with Crippen LogP contribution in [-0.4, -0.2) is 30.6 Å². The second-order valence-electron chi connectivity index (χ2n) is 3.79. The Labute approximate surface area is 117 Å². The Balaban J connectivity index is 2.42. The van der Waals surface area contributed by atoms with Crippen LogP contribution in [0.3, 0.4) is 0 Å². The first-order valence-corrected chi connectivity index (χ1v) is 6.59. The van der Waals surface area contributed by atoms with Crippen molar-refractivity contribution in [2.45, 2.75) is 12.2 Å². The van der Waals surface area contributed by atoms with Gasteiger partial charge in [0.05, 0.1) is 6.04 Å². The smallest absolute Gasteiger partial charge is 0.362 e. The SMILES string of the molecule is O=C(COCC(F)(F)F)NC(CBr)c1ccccc1. The molecule has 0 saturated carbocycles. The van der Waals surface area contributed by atoms with Gasteiger partial charge in [-0.1, -0.05) is 46.3 Å². The third kappa shape index (κ3) is 6.58. The van der Waals surface area contributed by atoms with Crippen molar-refractivity contribution in [3.05, 3.63) is 35.9 Å². The van der Waals surface area contributed by atoms with Gasteiger partial charge in [0.25, 0.3) is 0 Å². The second-order valence-corrected chi connectivity index (χ2v) is 4.44. The summed E-state index contributed by atoms with van der Waals surface area (Å²) < 4.78 is 39.8. The highest BCUT2D eigenvalue weighted by Crippen LogP contribution is 2.16. The molecule has 0 aliphatic heterocycles. The fraction of sp³-hybridized carbons (Fsp3) is 0.417. The zero-order chi connectivity index (χ0) is 14.3. The van der Waals surface area contributed by atoms with E-state index in [0.717, 1.165) is 5.56 Å². The molecule has 1 amide bonds. The molecule has 106 valence electrons. The first kappa shape index (κ1) is 16.0. The number of rotatable bonds is 6. The van der Waals surface area contributed by atoms with Gasteiger partial charge < -0.3 is 10.1 Å². The minimum atomic E-state index is -4.42. The van der Waals surface area contributed by atoms with E-state index in [1.807, 2.05) is 30.3 Å². The van der Waals surface area contributed by atoms with Crippen molar-refractivity contribution in [3.63, 3.8) is 0 Å². The molecule has 0 fully saturated rings. The molecule has 3 nitrogen and oxygen atoms in total. The molecule has 7 heteroatoms. The number of carbonyl (C=O) groups is 1. The van der Waals surface area contributed by atoms with Crippen molar-refractivity contribution >= 4 is 21.8 Å². The average Bonchev–Trinajstić information content (AvgIpc) is 2.35. The Morgan fingerprint density at radius 2 is 1.95 bits per heavy atom. The van der Waals surface area contributed by atoms with E-state index in [0.29, 0.717) is 5.33 Å². The van der Waals surface area contributed by atoms with Crippen LogP contribution in [0.5, 0.6) is 0 Å². The van der Waals surface area contributed by atoms with Crippen LogP contribution < -0.4 is 5.32 Å². The fourth-order valence-electron chi connectivity index (χ4n) is 1.39. The van der Waals surface area contributed by atoms with Gasteiger partial charge in [-0.2, -0.15) is 13.2 Å². The van der Waals surface area contributed by atoms with Crippen LogP contribution in [0.2, 0.25) is 0 Å². The van der Waals surface area contributed by atoms with Crippen molar-refractivity contribution in [2.75, 3.05) is 18.5 Å². The molecule has 0 saturated heterocycles. The Morgan fingerprint density at radius 3 is 2.47 bits per heavy atom. The number of carbonyl (C=O) groups excluding carboxylic acids is 1. The molecule has 19 heavy (non-hydrogen) atoms. The summed E-state index contributed by atoms with van der Waals surface area (Å²) in [5.41, 5.74) is 0.864. The van der Waals surface area contributed by atoms with E-state index in [4.69, 9.17) is 0 Å². The monoisotopic (exact) mass is 339 g/mol. The number of alkyl halides is 4. The van der Waals surface area contributed by atoms with Gasteiger partial charge in [0.1, 0.15) is 13.2 Å². The number of benzene rings is 1. The minimum Gasteiger partial charge on any atom is -0.362 e. The number of amides is 1. The quantitative estimate of drug-likeness (QED) is 0.809. The molecule has 1 rings (SSSR count). The Bertz CT molecular complexity index is 398. The summed E-state index contributed by atoms with van der Waals surface area (Å²) in [6.45, 7) is -2.04. The molecule has 0 aromatic heterocycles. The maximum atomic E-state index is 11.8. The van der Waals surface area contributed by atoms with Crippen LogP contribution >= 0.6 is 15.9 Å². The van der Waals surface area contributed by atoms with E-state index in [9.17, 15) is 18.0 Å². The van der Waals surface area contributed by atoms with Crippen LogP contribution in [0.4, 0.5) is 13.2 Å². The molecule has 1 unspecified atom stereocenters. The fourth-order valence-corrected chi connectivity index (χ4v) is 1.93. The number of hydrogen-bond donors (Lipinski definition) is 1.